The van der Waals surface area contributed by atoms with Gasteiger partial charge in [0.05, 0.1) is 54.6 Å². The van der Waals surface area contributed by atoms with Crippen LogP contribution in [0.25, 0.3) is 0 Å². The molecule has 0 atom stereocenters. The maximum Gasteiger partial charge on any atom is 0.337 e. The zero-order valence-electron chi connectivity index (χ0n) is 25.4. The smallest absolute Gasteiger partial charge is 0.337 e. The van der Waals surface area contributed by atoms with E-state index in [4.69, 9.17) is 0 Å². The van der Waals surface area contributed by atoms with E-state index >= 15 is 0 Å². The van der Waals surface area contributed by atoms with Crippen LogP contribution >= 0.6 is 0 Å². The van der Waals surface area contributed by atoms with Gasteiger partial charge in [-0.05, 0) is 17.7 Å². The second-order valence-corrected chi connectivity index (χ2v) is 6.88. The lowest BCUT2D eigenvalue weighted by molar-refractivity contribution is -0.140. The molecular weight excluding hydrogens is 540 g/mol. The molecule has 12 nitrogen and oxygen atoms in total. The molecule has 2 rings (SSSR count). The van der Waals surface area contributed by atoms with Gasteiger partial charge in [-0.1, -0.05) is 48.5 Å². The molecule has 0 aliphatic carbocycles. The summed E-state index contributed by atoms with van der Waals surface area (Å²) in [5.74, 6) is -1.47. The van der Waals surface area contributed by atoms with Crippen molar-refractivity contribution in [3.05, 3.63) is 71.8 Å². The van der Waals surface area contributed by atoms with E-state index in [0.29, 0.717) is 12.0 Å². The number of benzene rings is 2. The van der Waals surface area contributed by atoms with Crippen LogP contribution in [-0.2, 0) is 58.8 Å². The van der Waals surface area contributed by atoms with Gasteiger partial charge in [-0.2, -0.15) is 0 Å². The van der Waals surface area contributed by atoms with Crippen LogP contribution in [0.5, 0.6) is 0 Å². The number of hydrogen-bond donors (Lipinski definition) is 0. The van der Waals surface area contributed by atoms with Crippen LogP contribution in [-0.4, -0.2) is 78.5 Å². The normalized spacial score (nSPS) is 7.95. The van der Waals surface area contributed by atoms with Gasteiger partial charge in [-0.15, -0.1) is 0 Å². The highest BCUT2D eigenvalue weighted by Gasteiger charge is 2.01. The zero-order valence-corrected chi connectivity index (χ0v) is 25.4. The second kappa shape index (κ2) is 31.5. The predicted octanol–water partition coefficient (Wildman–Crippen LogP) is 3.59. The SMILES string of the molecule is COC(=O)Cc1ccccc1.COC(=O)c1ccccc1.COC(C)=O.COC(C)=O.COC(C)=O.COC(C)=O. The fraction of sp³-hybridized carbons (Fsp3) is 0.379. The topological polar surface area (TPSA) is 158 Å². The molecule has 0 amide bonds. The maximum absolute atomic E-state index is 10.8. The molecule has 0 unspecified atom stereocenters. The van der Waals surface area contributed by atoms with Gasteiger partial charge in [-0.3, -0.25) is 24.0 Å². The summed E-state index contributed by atoms with van der Waals surface area (Å²) in [6.45, 7) is 5.44. The third-order valence-electron chi connectivity index (χ3n) is 3.76. The molecule has 2 aromatic carbocycles. The number of hydrogen-bond acceptors (Lipinski definition) is 12. The predicted molar refractivity (Wildman–Crippen MR) is 151 cm³/mol. The van der Waals surface area contributed by atoms with Crippen molar-refractivity contribution in [3.63, 3.8) is 0 Å². The summed E-state index contributed by atoms with van der Waals surface area (Å²) < 4.78 is 25.5. The third-order valence-corrected chi connectivity index (χ3v) is 3.76. The van der Waals surface area contributed by atoms with Crippen molar-refractivity contribution in [2.24, 2.45) is 0 Å². The van der Waals surface area contributed by atoms with Gasteiger partial charge in [-0.25, -0.2) is 4.79 Å². The molecule has 0 aliphatic rings. The van der Waals surface area contributed by atoms with Crippen LogP contribution in [0, 0.1) is 0 Å². The first kappa shape index (κ1) is 43.3. The van der Waals surface area contributed by atoms with Crippen LogP contribution in [0.4, 0.5) is 0 Å². The fourth-order valence-electron chi connectivity index (χ4n) is 1.53. The summed E-state index contributed by atoms with van der Waals surface area (Å²) in [6, 6.07) is 18.4. The molecule has 0 bridgehead atoms. The van der Waals surface area contributed by atoms with E-state index in [0.717, 1.165) is 5.56 Å². The number of esters is 6. The molecule has 0 saturated heterocycles. The lowest BCUT2D eigenvalue weighted by Crippen LogP contribution is -2.03. The van der Waals surface area contributed by atoms with Gasteiger partial charge in [0.15, 0.2) is 0 Å². The molecule has 0 fully saturated rings. The van der Waals surface area contributed by atoms with E-state index in [1.807, 2.05) is 36.4 Å². The van der Waals surface area contributed by atoms with Gasteiger partial charge in [0.1, 0.15) is 0 Å². The largest absolute Gasteiger partial charge is 0.469 e. The Hall–Kier alpha value is -4.74. The van der Waals surface area contributed by atoms with Gasteiger partial charge in [0.25, 0.3) is 0 Å². The monoisotopic (exact) mass is 582 g/mol. The maximum atomic E-state index is 10.8. The molecule has 0 heterocycles. The Kier molecular flexibility index (Phi) is 33.3. The third kappa shape index (κ3) is 39.9. The molecule has 230 valence electrons. The van der Waals surface area contributed by atoms with Crippen LogP contribution in [0.2, 0.25) is 0 Å². The standard InChI is InChI=1S/C9H10O2.C8H8O2.4C3H6O2/c1-11-9(10)7-8-5-3-2-4-6-8;1-10-8(9)7-5-3-2-4-6-7;4*1-3(4)5-2/h2-6H,7H2,1H3;2-6H,1H3;4*1-2H3. The van der Waals surface area contributed by atoms with E-state index in [9.17, 15) is 28.8 Å². The van der Waals surface area contributed by atoms with Gasteiger partial charge in [0, 0.05) is 27.7 Å². The molecule has 0 spiro atoms. The zero-order chi connectivity index (χ0) is 32.6. The molecule has 2 aromatic rings. The molecule has 0 N–H and O–H groups in total. The molecule has 0 saturated carbocycles. The lowest BCUT2D eigenvalue weighted by atomic mass is 10.2. The van der Waals surface area contributed by atoms with Gasteiger partial charge in [0.2, 0.25) is 0 Å². The van der Waals surface area contributed by atoms with Crippen LogP contribution in [0.15, 0.2) is 60.7 Å². The van der Waals surface area contributed by atoms with E-state index in [1.165, 1.54) is 70.4 Å². The number of carbonyl (C=O) groups excluding carboxylic acids is 6. The highest BCUT2D eigenvalue weighted by atomic mass is 16.5. The Labute approximate surface area is 241 Å². The van der Waals surface area contributed by atoms with Gasteiger partial charge < -0.3 is 28.4 Å². The van der Waals surface area contributed by atoms with Crippen molar-refractivity contribution in [2.75, 3.05) is 42.7 Å². The van der Waals surface area contributed by atoms with Crippen LogP contribution in [0.3, 0.4) is 0 Å². The number of ether oxygens (including phenoxy) is 6. The quantitative estimate of drug-likeness (QED) is 0.383. The number of rotatable bonds is 3. The summed E-state index contributed by atoms with van der Waals surface area (Å²) in [7, 11) is 8.16. The Morgan fingerprint density at radius 2 is 0.756 bits per heavy atom. The Balaban J connectivity index is -0.000000210. The number of methoxy groups -OCH3 is 6. The molecule has 12 heteroatoms. The summed E-state index contributed by atoms with van der Waals surface area (Å²) in [5.41, 5.74) is 1.57. The van der Waals surface area contributed by atoms with E-state index in [2.05, 4.69) is 28.4 Å². The van der Waals surface area contributed by atoms with Crippen molar-refractivity contribution in [1.82, 2.24) is 0 Å². The average Bonchev–Trinajstić information content (AvgIpc) is 2.99. The Morgan fingerprint density at radius 3 is 1.00 bits per heavy atom. The lowest BCUT2D eigenvalue weighted by Gasteiger charge is -1.97. The first-order valence-corrected chi connectivity index (χ1v) is 11.7. The highest BCUT2D eigenvalue weighted by molar-refractivity contribution is 5.89. The molecular formula is C29H42O12. The van der Waals surface area contributed by atoms with E-state index in [1.54, 1.807) is 24.3 Å². The molecule has 0 aromatic heterocycles. The molecule has 0 radical (unpaired) electrons. The Morgan fingerprint density at radius 1 is 0.463 bits per heavy atom. The van der Waals surface area contributed by atoms with Crippen molar-refractivity contribution < 1.29 is 57.2 Å². The highest BCUT2D eigenvalue weighted by Crippen LogP contribution is 2.00. The van der Waals surface area contributed by atoms with Crippen LogP contribution < -0.4 is 0 Å². The fourth-order valence-corrected chi connectivity index (χ4v) is 1.53. The summed E-state index contributed by atoms with van der Waals surface area (Å²) in [4.78, 5) is 59.9. The van der Waals surface area contributed by atoms with Crippen molar-refractivity contribution in [1.29, 1.82) is 0 Å². The van der Waals surface area contributed by atoms with E-state index in [-0.39, 0.29) is 35.8 Å². The van der Waals surface area contributed by atoms with Crippen molar-refractivity contribution >= 4 is 35.8 Å². The van der Waals surface area contributed by atoms with Crippen molar-refractivity contribution in [2.45, 2.75) is 34.1 Å². The minimum atomic E-state index is -0.291. The summed E-state index contributed by atoms with van der Waals surface area (Å²) in [6.07, 6.45) is 0.358. The van der Waals surface area contributed by atoms with Crippen molar-refractivity contribution in [3.8, 4) is 0 Å². The molecule has 41 heavy (non-hydrogen) atoms. The number of carbonyl (C=O) groups is 6. The summed E-state index contributed by atoms with van der Waals surface area (Å²) >= 11 is 0. The average molecular weight is 583 g/mol. The second-order valence-electron chi connectivity index (χ2n) is 6.88. The van der Waals surface area contributed by atoms with E-state index < -0.39 is 0 Å². The first-order chi connectivity index (χ1) is 19.2. The summed E-state index contributed by atoms with van der Waals surface area (Å²) in [5, 5.41) is 0. The van der Waals surface area contributed by atoms with Gasteiger partial charge >= 0.3 is 35.8 Å². The minimum absolute atomic E-state index is 0.198. The van der Waals surface area contributed by atoms with Crippen LogP contribution in [0.1, 0.15) is 43.6 Å². The Bertz CT molecular complexity index is 918. The molecule has 0 aliphatic heterocycles. The first-order valence-electron chi connectivity index (χ1n) is 11.7. The minimum Gasteiger partial charge on any atom is -0.469 e.